The van der Waals surface area contributed by atoms with Crippen LogP contribution in [0, 0.1) is 4.77 Å². The first-order valence-corrected chi connectivity index (χ1v) is 8.02. The first-order valence-electron chi connectivity index (χ1n) is 6.74. The molecule has 2 aromatic heterocycles. The molecule has 22 heavy (non-hydrogen) atoms. The van der Waals surface area contributed by atoms with E-state index in [9.17, 15) is 4.79 Å². The third-order valence-corrected chi connectivity index (χ3v) is 4.31. The van der Waals surface area contributed by atoms with Gasteiger partial charge in [0.2, 0.25) is 5.91 Å². The smallest absolute Gasteiger partial charge is 0.240 e. The summed E-state index contributed by atoms with van der Waals surface area (Å²) in [5.74, 6) is 0.592. The van der Waals surface area contributed by atoms with Gasteiger partial charge in [0.25, 0.3) is 0 Å². The zero-order valence-corrected chi connectivity index (χ0v) is 13.3. The number of amides is 1. The minimum Gasteiger partial charge on any atom is -0.350 e. The van der Waals surface area contributed by atoms with Gasteiger partial charge in [0.15, 0.2) is 10.6 Å². The van der Waals surface area contributed by atoms with Crippen molar-refractivity contribution in [2.24, 2.45) is 0 Å². The molecule has 1 amide bonds. The van der Waals surface area contributed by atoms with Crippen LogP contribution in [0.3, 0.4) is 0 Å². The lowest BCUT2D eigenvalue weighted by atomic mass is 10.2. The molecule has 0 aliphatic rings. The Kier molecular flexibility index (Phi) is 4.45. The molecule has 0 spiro atoms. The quantitative estimate of drug-likeness (QED) is 0.707. The Labute approximate surface area is 136 Å². The first kappa shape index (κ1) is 14.7. The standard InChI is InChI=1S/C15H14N4OS2/c20-13(16-9-11-5-2-1-3-6-11)10-19-14(17-18-15(19)21)12-7-4-8-22-12/h1-8H,9-10H2,(H,16,20)(H,18,21). The zero-order chi connectivity index (χ0) is 15.4. The molecule has 1 aromatic carbocycles. The van der Waals surface area contributed by atoms with Gasteiger partial charge < -0.3 is 5.32 Å². The molecular formula is C15H14N4OS2. The van der Waals surface area contributed by atoms with Crippen LogP contribution in [0.1, 0.15) is 5.56 Å². The molecule has 2 N–H and O–H groups in total. The van der Waals surface area contributed by atoms with Gasteiger partial charge in [-0.3, -0.25) is 14.5 Å². The maximum Gasteiger partial charge on any atom is 0.240 e. The van der Waals surface area contributed by atoms with E-state index >= 15 is 0 Å². The fraction of sp³-hybridized carbons (Fsp3) is 0.133. The molecule has 112 valence electrons. The molecule has 0 aliphatic carbocycles. The monoisotopic (exact) mass is 330 g/mol. The Morgan fingerprint density at radius 3 is 2.82 bits per heavy atom. The second kappa shape index (κ2) is 6.67. The average molecular weight is 330 g/mol. The van der Waals surface area contributed by atoms with Crippen LogP contribution in [0.25, 0.3) is 10.7 Å². The molecular weight excluding hydrogens is 316 g/mol. The average Bonchev–Trinajstić information content (AvgIpc) is 3.17. The molecule has 7 heteroatoms. The second-order valence-corrected chi connectivity index (χ2v) is 6.01. The fourth-order valence-electron chi connectivity index (χ4n) is 2.05. The summed E-state index contributed by atoms with van der Waals surface area (Å²) in [4.78, 5) is 13.1. The minimum atomic E-state index is -0.0980. The number of H-pyrrole nitrogens is 1. The van der Waals surface area contributed by atoms with E-state index in [1.165, 1.54) is 0 Å². The SMILES string of the molecule is O=C(Cn1c(-c2cccs2)n[nH]c1=S)NCc1ccccc1. The molecule has 0 atom stereocenters. The lowest BCUT2D eigenvalue weighted by Gasteiger charge is -2.07. The number of nitrogens with zero attached hydrogens (tertiary/aromatic N) is 2. The topological polar surface area (TPSA) is 62.7 Å². The van der Waals surface area contributed by atoms with Crippen molar-refractivity contribution in [1.82, 2.24) is 20.1 Å². The lowest BCUT2D eigenvalue weighted by Crippen LogP contribution is -2.27. The van der Waals surface area contributed by atoms with Gasteiger partial charge in [-0.05, 0) is 29.2 Å². The highest BCUT2D eigenvalue weighted by Crippen LogP contribution is 2.22. The fourth-order valence-corrected chi connectivity index (χ4v) is 2.97. The van der Waals surface area contributed by atoms with Crippen molar-refractivity contribution in [3.05, 3.63) is 58.2 Å². The van der Waals surface area contributed by atoms with Crippen molar-refractivity contribution in [2.45, 2.75) is 13.1 Å². The van der Waals surface area contributed by atoms with Crippen molar-refractivity contribution >= 4 is 29.5 Å². The first-order chi connectivity index (χ1) is 10.7. The Morgan fingerprint density at radius 2 is 2.09 bits per heavy atom. The minimum absolute atomic E-state index is 0.0980. The molecule has 0 aliphatic heterocycles. The molecule has 5 nitrogen and oxygen atoms in total. The number of carbonyl (C=O) groups is 1. The number of aromatic nitrogens is 3. The third-order valence-electron chi connectivity index (χ3n) is 3.13. The summed E-state index contributed by atoms with van der Waals surface area (Å²) in [5, 5.41) is 11.8. The maximum atomic E-state index is 12.1. The van der Waals surface area contributed by atoms with Crippen molar-refractivity contribution in [2.75, 3.05) is 0 Å². The van der Waals surface area contributed by atoms with Crippen LogP contribution in [-0.2, 0) is 17.9 Å². The van der Waals surface area contributed by atoms with Crippen LogP contribution in [-0.4, -0.2) is 20.7 Å². The largest absolute Gasteiger partial charge is 0.350 e. The van der Waals surface area contributed by atoms with Crippen LogP contribution in [0.15, 0.2) is 47.8 Å². The van der Waals surface area contributed by atoms with E-state index in [1.807, 2.05) is 47.8 Å². The highest BCUT2D eigenvalue weighted by molar-refractivity contribution is 7.71. The van der Waals surface area contributed by atoms with Crippen LogP contribution in [0.4, 0.5) is 0 Å². The normalized spacial score (nSPS) is 10.5. The molecule has 2 heterocycles. The van der Waals surface area contributed by atoms with Gasteiger partial charge in [-0.1, -0.05) is 36.4 Å². The Bertz CT molecular complexity index is 806. The van der Waals surface area contributed by atoms with E-state index in [-0.39, 0.29) is 12.5 Å². The van der Waals surface area contributed by atoms with E-state index in [0.29, 0.717) is 17.1 Å². The summed E-state index contributed by atoms with van der Waals surface area (Å²) >= 11 is 6.77. The van der Waals surface area contributed by atoms with Crippen LogP contribution in [0.2, 0.25) is 0 Å². The number of aromatic amines is 1. The van der Waals surface area contributed by atoms with Gasteiger partial charge in [-0.15, -0.1) is 11.3 Å². The molecule has 3 aromatic rings. The summed E-state index contributed by atoms with van der Waals surface area (Å²) < 4.78 is 2.15. The number of thiophene rings is 1. The van der Waals surface area contributed by atoms with E-state index in [2.05, 4.69) is 15.5 Å². The van der Waals surface area contributed by atoms with Crippen molar-refractivity contribution in [3.63, 3.8) is 0 Å². The maximum absolute atomic E-state index is 12.1. The Morgan fingerprint density at radius 1 is 1.27 bits per heavy atom. The highest BCUT2D eigenvalue weighted by atomic mass is 32.1. The van der Waals surface area contributed by atoms with Crippen molar-refractivity contribution in [3.8, 4) is 10.7 Å². The number of nitrogens with one attached hydrogen (secondary N) is 2. The molecule has 0 radical (unpaired) electrons. The Hall–Kier alpha value is -2.25. The summed E-state index contributed by atoms with van der Waals surface area (Å²) in [6.07, 6.45) is 0. The van der Waals surface area contributed by atoms with Gasteiger partial charge in [0, 0.05) is 6.54 Å². The summed E-state index contributed by atoms with van der Waals surface area (Å²) in [6, 6.07) is 13.7. The number of rotatable bonds is 5. The number of carbonyl (C=O) groups excluding carboxylic acids is 1. The van der Waals surface area contributed by atoms with Crippen molar-refractivity contribution < 1.29 is 4.79 Å². The van der Waals surface area contributed by atoms with Crippen LogP contribution in [0.5, 0.6) is 0 Å². The molecule has 0 saturated heterocycles. The zero-order valence-electron chi connectivity index (χ0n) is 11.7. The summed E-state index contributed by atoms with van der Waals surface area (Å²) in [6.45, 7) is 0.647. The molecule has 3 rings (SSSR count). The van der Waals surface area contributed by atoms with E-state index in [0.717, 1.165) is 10.4 Å². The summed E-state index contributed by atoms with van der Waals surface area (Å²) in [7, 11) is 0. The third kappa shape index (κ3) is 3.32. The van der Waals surface area contributed by atoms with Gasteiger partial charge in [0.1, 0.15) is 6.54 Å². The van der Waals surface area contributed by atoms with Crippen molar-refractivity contribution in [1.29, 1.82) is 0 Å². The summed E-state index contributed by atoms with van der Waals surface area (Å²) in [5.41, 5.74) is 1.06. The van der Waals surface area contributed by atoms with E-state index in [4.69, 9.17) is 12.2 Å². The van der Waals surface area contributed by atoms with E-state index in [1.54, 1.807) is 15.9 Å². The predicted octanol–water partition coefficient (Wildman–Crippen LogP) is 2.99. The molecule has 0 saturated carbocycles. The Balaban J connectivity index is 1.70. The number of hydrogen-bond donors (Lipinski definition) is 2. The van der Waals surface area contributed by atoms with Gasteiger partial charge in [-0.2, -0.15) is 5.10 Å². The van der Waals surface area contributed by atoms with Gasteiger partial charge >= 0.3 is 0 Å². The lowest BCUT2D eigenvalue weighted by molar-refractivity contribution is -0.121. The molecule has 0 fully saturated rings. The molecule has 0 unspecified atom stereocenters. The highest BCUT2D eigenvalue weighted by Gasteiger charge is 2.12. The van der Waals surface area contributed by atoms with Gasteiger partial charge in [-0.25, -0.2) is 0 Å². The molecule has 0 bridgehead atoms. The number of hydrogen-bond acceptors (Lipinski definition) is 4. The van der Waals surface area contributed by atoms with E-state index < -0.39 is 0 Å². The predicted molar refractivity (Wildman–Crippen MR) is 89.0 cm³/mol. The van der Waals surface area contributed by atoms with Crippen LogP contribution >= 0.6 is 23.6 Å². The number of benzene rings is 1. The second-order valence-electron chi connectivity index (χ2n) is 4.68. The van der Waals surface area contributed by atoms with Gasteiger partial charge in [0.05, 0.1) is 4.88 Å². The van der Waals surface area contributed by atoms with Crippen LogP contribution < -0.4 is 5.32 Å².